The summed E-state index contributed by atoms with van der Waals surface area (Å²) in [5, 5.41) is 3.89. The molecule has 6 heteroatoms. The van der Waals surface area contributed by atoms with Gasteiger partial charge in [-0.1, -0.05) is 0 Å². The largest absolute Gasteiger partial charge is 0.361 e. The van der Waals surface area contributed by atoms with Crippen LogP contribution in [0.15, 0.2) is 48.9 Å². The van der Waals surface area contributed by atoms with E-state index in [2.05, 4.69) is 40.4 Å². The van der Waals surface area contributed by atoms with Crippen molar-refractivity contribution in [1.82, 2.24) is 14.4 Å². The highest BCUT2D eigenvalue weighted by Crippen LogP contribution is 2.34. The Labute approximate surface area is 148 Å². The second-order valence-corrected chi connectivity index (χ2v) is 6.89. The molecule has 3 heterocycles. The molecule has 2 unspecified atom stereocenters. The number of carbonyl (C=O) groups is 1. The summed E-state index contributed by atoms with van der Waals surface area (Å²) in [4.78, 5) is 19.5. The van der Waals surface area contributed by atoms with Gasteiger partial charge in [0.15, 0.2) is 5.82 Å². The van der Waals surface area contributed by atoms with Crippen LogP contribution in [0.25, 0.3) is 27.7 Å². The minimum atomic E-state index is -1.01. The summed E-state index contributed by atoms with van der Waals surface area (Å²) in [7, 11) is 0. The van der Waals surface area contributed by atoms with Crippen LogP contribution in [0.3, 0.4) is 0 Å². The van der Waals surface area contributed by atoms with Gasteiger partial charge in [-0.2, -0.15) is 0 Å². The van der Waals surface area contributed by atoms with Gasteiger partial charge < -0.3 is 14.7 Å². The van der Waals surface area contributed by atoms with Crippen molar-refractivity contribution < 1.29 is 9.18 Å². The van der Waals surface area contributed by atoms with Gasteiger partial charge in [0, 0.05) is 17.9 Å². The summed E-state index contributed by atoms with van der Waals surface area (Å²) < 4.78 is 14.9. The Morgan fingerprint density at radius 3 is 2.96 bits per heavy atom. The van der Waals surface area contributed by atoms with Crippen LogP contribution in [0.2, 0.25) is 0 Å². The van der Waals surface area contributed by atoms with E-state index >= 15 is 0 Å². The number of hydrogen-bond donors (Lipinski definition) is 2. The van der Waals surface area contributed by atoms with E-state index in [1.807, 2.05) is 28.9 Å². The van der Waals surface area contributed by atoms with Gasteiger partial charge in [0.1, 0.15) is 11.8 Å². The van der Waals surface area contributed by atoms with E-state index < -0.39 is 12.1 Å². The number of H-pyrrole nitrogens is 1. The number of nitrogens with one attached hydrogen (secondary N) is 2. The number of halogens is 1. The monoisotopic (exact) mass is 348 g/mol. The van der Waals surface area contributed by atoms with Gasteiger partial charge in [-0.3, -0.25) is 4.79 Å². The molecule has 1 aromatic carbocycles. The number of aromatic nitrogens is 3. The van der Waals surface area contributed by atoms with Crippen LogP contribution in [0.5, 0.6) is 0 Å². The number of aryl methyl sites for hydroxylation is 1. The Bertz CT molecular complexity index is 1160. The van der Waals surface area contributed by atoms with Crippen LogP contribution in [0, 0.1) is 12.8 Å². The second kappa shape index (κ2) is 5.42. The summed E-state index contributed by atoms with van der Waals surface area (Å²) in [5.41, 5.74) is 5.21. The van der Waals surface area contributed by atoms with Crippen LogP contribution < -0.4 is 5.32 Å². The highest BCUT2D eigenvalue weighted by molar-refractivity contribution is 5.94. The maximum absolute atomic E-state index is 13.0. The molecule has 4 aromatic rings. The van der Waals surface area contributed by atoms with Gasteiger partial charge in [0.05, 0.1) is 12.1 Å². The van der Waals surface area contributed by atoms with Crippen molar-refractivity contribution in [3.8, 4) is 11.1 Å². The molecule has 1 aliphatic rings. The number of rotatable bonds is 3. The van der Waals surface area contributed by atoms with Gasteiger partial charge in [0.2, 0.25) is 5.91 Å². The number of anilines is 1. The quantitative estimate of drug-likeness (QED) is 0.586. The molecular formula is C20H17FN4O. The SMILES string of the molecule is Cc1cc2cc[nH]c2cc1-c1ccc2nc(NC(=O)C3CC3F)cn2c1. The first kappa shape index (κ1) is 15.1. The normalized spacial score (nSPS) is 19.2. The molecule has 2 atom stereocenters. The third-order valence-electron chi connectivity index (χ3n) is 4.96. The van der Waals surface area contributed by atoms with E-state index in [-0.39, 0.29) is 5.91 Å². The lowest BCUT2D eigenvalue weighted by atomic mass is 10.0. The van der Waals surface area contributed by atoms with E-state index in [1.165, 1.54) is 10.9 Å². The standard InChI is InChI=1S/C20H17FN4O/c1-11-6-12-4-5-22-17(12)8-14(11)13-2-3-19-23-18(10-25(19)9-13)24-20(26)15-7-16(15)21/h2-6,8-10,15-16,22H,7H2,1H3,(H,24,26). The Kier molecular flexibility index (Phi) is 3.16. The van der Waals surface area contributed by atoms with E-state index in [0.29, 0.717) is 12.2 Å². The van der Waals surface area contributed by atoms with Crippen molar-refractivity contribution >= 4 is 28.3 Å². The number of aromatic amines is 1. The lowest BCUT2D eigenvalue weighted by Gasteiger charge is -2.07. The lowest BCUT2D eigenvalue weighted by molar-refractivity contribution is -0.117. The van der Waals surface area contributed by atoms with Gasteiger partial charge >= 0.3 is 0 Å². The summed E-state index contributed by atoms with van der Waals surface area (Å²) in [6.45, 7) is 2.09. The van der Waals surface area contributed by atoms with E-state index in [9.17, 15) is 9.18 Å². The van der Waals surface area contributed by atoms with E-state index in [0.717, 1.165) is 22.3 Å². The smallest absolute Gasteiger partial charge is 0.231 e. The minimum Gasteiger partial charge on any atom is -0.361 e. The molecule has 0 radical (unpaired) electrons. The molecule has 1 fully saturated rings. The minimum absolute atomic E-state index is 0.297. The first-order valence-electron chi connectivity index (χ1n) is 8.60. The number of carbonyl (C=O) groups excluding carboxylic acids is 1. The maximum atomic E-state index is 13.0. The Morgan fingerprint density at radius 1 is 1.31 bits per heavy atom. The fourth-order valence-corrected chi connectivity index (χ4v) is 3.39. The maximum Gasteiger partial charge on any atom is 0.231 e. The zero-order valence-corrected chi connectivity index (χ0v) is 14.2. The molecule has 130 valence electrons. The zero-order chi connectivity index (χ0) is 17.8. The topological polar surface area (TPSA) is 62.2 Å². The van der Waals surface area contributed by atoms with Crippen LogP contribution in [0.4, 0.5) is 10.2 Å². The van der Waals surface area contributed by atoms with Crippen molar-refractivity contribution in [2.24, 2.45) is 5.92 Å². The number of imidazole rings is 1. The van der Waals surface area contributed by atoms with Crippen LogP contribution in [-0.4, -0.2) is 26.4 Å². The van der Waals surface area contributed by atoms with E-state index in [1.54, 1.807) is 6.20 Å². The van der Waals surface area contributed by atoms with Crippen molar-refractivity contribution in [1.29, 1.82) is 0 Å². The molecule has 1 aliphatic carbocycles. The summed E-state index contributed by atoms with van der Waals surface area (Å²) >= 11 is 0. The lowest BCUT2D eigenvalue weighted by Crippen LogP contribution is -2.15. The Hall–Kier alpha value is -3.15. The molecule has 2 N–H and O–H groups in total. The Morgan fingerprint density at radius 2 is 2.15 bits per heavy atom. The van der Waals surface area contributed by atoms with Crippen molar-refractivity contribution in [2.45, 2.75) is 19.5 Å². The summed E-state index contributed by atoms with van der Waals surface area (Å²) in [6.07, 6.45) is 4.98. The first-order valence-corrected chi connectivity index (χ1v) is 8.60. The van der Waals surface area contributed by atoms with Gasteiger partial charge in [-0.25, -0.2) is 9.37 Å². The zero-order valence-electron chi connectivity index (χ0n) is 14.2. The highest BCUT2D eigenvalue weighted by Gasteiger charge is 2.43. The number of amides is 1. The van der Waals surface area contributed by atoms with Gasteiger partial charge in [-0.15, -0.1) is 0 Å². The predicted octanol–water partition coefficient (Wildman–Crippen LogP) is 4.09. The molecule has 26 heavy (non-hydrogen) atoms. The molecule has 0 spiro atoms. The predicted molar refractivity (Wildman–Crippen MR) is 98.9 cm³/mol. The van der Waals surface area contributed by atoms with E-state index in [4.69, 9.17) is 0 Å². The second-order valence-electron chi connectivity index (χ2n) is 6.89. The molecule has 3 aromatic heterocycles. The molecule has 1 saturated carbocycles. The molecule has 0 saturated heterocycles. The molecule has 0 bridgehead atoms. The van der Waals surface area contributed by atoms with Gasteiger partial charge in [0.25, 0.3) is 0 Å². The number of pyridine rings is 1. The van der Waals surface area contributed by atoms with Crippen LogP contribution in [-0.2, 0) is 4.79 Å². The molecular weight excluding hydrogens is 331 g/mol. The number of benzene rings is 1. The molecule has 0 aliphatic heterocycles. The summed E-state index contributed by atoms with van der Waals surface area (Å²) in [5.74, 6) is -0.373. The van der Waals surface area contributed by atoms with Crippen molar-refractivity contribution in [3.63, 3.8) is 0 Å². The number of fused-ring (bicyclic) bond motifs is 2. The van der Waals surface area contributed by atoms with Crippen LogP contribution in [0.1, 0.15) is 12.0 Å². The van der Waals surface area contributed by atoms with Crippen LogP contribution >= 0.6 is 0 Å². The average Bonchev–Trinajstić information content (AvgIpc) is 3.02. The average molecular weight is 348 g/mol. The number of hydrogen-bond acceptors (Lipinski definition) is 2. The van der Waals surface area contributed by atoms with Gasteiger partial charge in [-0.05, 0) is 65.8 Å². The number of nitrogens with zero attached hydrogens (tertiary/aromatic N) is 2. The molecule has 5 nitrogen and oxygen atoms in total. The fourth-order valence-electron chi connectivity index (χ4n) is 3.39. The third-order valence-corrected chi connectivity index (χ3v) is 4.96. The Balaban J connectivity index is 1.50. The first-order chi connectivity index (χ1) is 12.6. The highest BCUT2D eigenvalue weighted by atomic mass is 19.1. The third kappa shape index (κ3) is 2.45. The summed E-state index contributed by atoms with van der Waals surface area (Å²) in [6, 6.07) is 10.3. The fraction of sp³-hybridized carbons (Fsp3) is 0.200. The molecule has 1 amide bonds. The number of alkyl halides is 1. The van der Waals surface area contributed by atoms with Crippen molar-refractivity contribution in [3.05, 3.63) is 54.5 Å². The molecule has 5 rings (SSSR count). The van der Waals surface area contributed by atoms with Crippen molar-refractivity contribution in [2.75, 3.05) is 5.32 Å².